The van der Waals surface area contributed by atoms with E-state index in [1.54, 1.807) is 19.1 Å². The van der Waals surface area contributed by atoms with Crippen LogP contribution in [0.4, 0.5) is 11.4 Å². The van der Waals surface area contributed by atoms with E-state index in [1.165, 1.54) is 12.8 Å². The molecule has 2 atom stereocenters. The molecule has 0 saturated heterocycles. The van der Waals surface area contributed by atoms with E-state index < -0.39 is 0 Å². The molecular formula is C15H22N2O3. The van der Waals surface area contributed by atoms with Crippen LogP contribution in [-0.2, 0) is 0 Å². The molecule has 0 spiro atoms. The summed E-state index contributed by atoms with van der Waals surface area (Å²) in [5.41, 5.74) is 1.60. The Morgan fingerprint density at radius 1 is 1.35 bits per heavy atom. The van der Waals surface area contributed by atoms with Crippen LogP contribution in [0, 0.1) is 28.9 Å². The fraction of sp³-hybridized carbons (Fsp3) is 0.600. The largest absolute Gasteiger partial charge is 0.396 e. The van der Waals surface area contributed by atoms with E-state index in [9.17, 15) is 15.2 Å². The van der Waals surface area contributed by atoms with Crippen molar-refractivity contribution >= 4 is 11.4 Å². The van der Waals surface area contributed by atoms with Crippen LogP contribution in [0.25, 0.3) is 0 Å². The topological polar surface area (TPSA) is 75.4 Å². The molecule has 0 aromatic heterocycles. The number of aryl methyl sites for hydroxylation is 1. The Labute approximate surface area is 119 Å². The predicted octanol–water partition coefficient (Wildman–Crippen LogP) is 3.11. The van der Waals surface area contributed by atoms with Crippen molar-refractivity contribution in [2.75, 3.05) is 18.5 Å². The average molecular weight is 278 g/mol. The number of anilines is 1. The first-order chi connectivity index (χ1) is 9.61. The van der Waals surface area contributed by atoms with Crippen molar-refractivity contribution in [2.45, 2.75) is 32.6 Å². The first-order valence-corrected chi connectivity index (χ1v) is 7.21. The third-order valence-electron chi connectivity index (χ3n) is 4.28. The van der Waals surface area contributed by atoms with Crippen molar-refractivity contribution in [1.29, 1.82) is 0 Å². The van der Waals surface area contributed by atoms with Crippen LogP contribution in [0.3, 0.4) is 0 Å². The minimum Gasteiger partial charge on any atom is -0.396 e. The molecule has 2 N–H and O–H groups in total. The number of nitro groups is 1. The molecule has 1 saturated carbocycles. The predicted molar refractivity (Wildman–Crippen MR) is 78.9 cm³/mol. The summed E-state index contributed by atoms with van der Waals surface area (Å²) < 4.78 is 0. The fourth-order valence-corrected chi connectivity index (χ4v) is 2.96. The molecule has 0 aliphatic heterocycles. The summed E-state index contributed by atoms with van der Waals surface area (Å²) >= 11 is 0. The Bertz CT molecular complexity index is 476. The Morgan fingerprint density at radius 3 is 2.70 bits per heavy atom. The fourth-order valence-electron chi connectivity index (χ4n) is 2.96. The van der Waals surface area contributed by atoms with Gasteiger partial charge in [0.15, 0.2) is 0 Å². The summed E-state index contributed by atoms with van der Waals surface area (Å²) in [5.74, 6) is 0.811. The Morgan fingerprint density at radius 2 is 2.05 bits per heavy atom. The normalized spacial score (nSPS) is 22.5. The number of nitro benzene ring substituents is 1. The van der Waals surface area contributed by atoms with E-state index in [1.807, 2.05) is 6.07 Å². The lowest BCUT2D eigenvalue weighted by Gasteiger charge is -2.30. The Hall–Kier alpha value is -1.62. The van der Waals surface area contributed by atoms with Gasteiger partial charge < -0.3 is 10.4 Å². The zero-order valence-corrected chi connectivity index (χ0v) is 11.8. The third kappa shape index (κ3) is 3.48. The van der Waals surface area contributed by atoms with Crippen LogP contribution in [0.5, 0.6) is 0 Å². The number of aliphatic hydroxyl groups is 1. The van der Waals surface area contributed by atoms with Crippen LogP contribution in [-0.4, -0.2) is 23.2 Å². The summed E-state index contributed by atoms with van der Waals surface area (Å²) in [6.07, 6.45) is 4.59. The molecular weight excluding hydrogens is 256 g/mol. The van der Waals surface area contributed by atoms with Gasteiger partial charge in [-0.15, -0.1) is 0 Å². The molecule has 2 unspecified atom stereocenters. The summed E-state index contributed by atoms with van der Waals surface area (Å²) in [7, 11) is 0. The molecule has 1 aliphatic carbocycles. The number of hydrogen-bond acceptors (Lipinski definition) is 4. The summed E-state index contributed by atoms with van der Waals surface area (Å²) in [4.78, 5) is 10.6. The SMILES string of the molecule is Cc1ccc(NCC2CCCCC2CO)cc1[N+](=O)[O-]. The van der Waals surface area contributed by atoms with Crippen molar-refractivity contribution < 1.29 is 10.0 Å². The second-order valence-corrected chi connectivity index (χ2v) is 5.63. The molecule has 0 bridgehead atoms. The molecule has 1 fully saturated rings. The molecule has 1 aromatic carbocycles. The van der Waals surface area contributed by atoms with Gasteiger partial charge in [0.1, 0.15) is 0 Å². The number of aliphatic hydroxyl groups excluding tert-OH is 1. The van der Waals surface area contributed by atoms with E-state index >= 15 is 0 Å². The van der Waals surface area contributed by atoms with E-state index in [2.05, 4.69) is 5.32 Å². The van der Waals surface area contributed by atoms with Crippen molar-refractivity contribution in [1.82, 2.24) is 0 Å². The van der Waals surface area contributed by atoms with E-state index in [-0.39, 0.29) is 17.2 Å². The molecule has 0 amide bonds. The van der Waals surface area contributed by atoms with Gasteiger partial charge in [-0.25, -0.2) is 0 Å². The molecule has 5 heteroatoms. The number of benzene rings is 1. The van der Waals surface area contributed by atoms with E-state index in [0.29, 0.717) is 17.4 Å². The Kier molecular flexibility index (Phi) is 4.95. The number of nitrogens with zero attached hydrogens (tertiary/aromatic N) is 1. The molecule has 1 aromatic rings. The van der Waals surface area contributed by atoms with E-state index in [4.69, 9.17) is 0 Å². The minimum absolute atomic E-state index is 0.150. The van der Waals surface area contributed by atoms with Gasteiger partial charge >= 0.3 is 0 Å². The summed E-state index contributed by atoms with van der Waals surface area (Å²) in [6.45, 7) is 2.75. The lowest BCUT2D eigenvalue weighted by atomic mass is 9.79. The molecule has 2 rings (SSSR count). The number of rotatable bonds is 5. The van der Waals surface area contributed by atoms with Gasteiger partial charge in [0.2, 0.25) is 0 Å². The summed E-state index contributed by atoms with van der Waals surface area (Å²) in [5, 5.41) is 23.6. The highest BCUT2D eigenvalue weighted by molar-refractivity contribution is 5.54. The molecule has 1 aliphatic rings. The van der Waals surface area contributed by atoms with Crippen LogP contribution in [0.15, 0.2) is 18.2 Å². The number of nitrogens with one attached hydrogen (secondary N) is 1. The molecule has 5 nitrogen and oxygen atoms in total. The second-order valence-electron chi connectivity index (χ2n) is 5.63. The Balaban J connectivity index is 1.99. The smallest absolute Gasteiger partial charge is 0.274 e. The zero-order chi connectivity index (χ0) is 14.5. The third-order valence-corrected chi connectivity index (χ3v) is 4.28. The van der Waals surface area contributed by atoms with Crippen molar-refractivity contribution in [2.24, 2.45) is 11.8 Å². The standard InChI is InChI=1S/C15H22N2O3/c1-11-6-7-14(8-15(11)17(19)20)16-9-12-4-2-3-5-13(12)10-18/h6-8,12-13,16,18H,2-5,9-10H2,1H3. The molecule has 0 heterocycles. The van der Waals surface area contributed by atoms with Crippen molar-refractivity contribution in [3.05, 3.63) is 33.9 Å². The maximum absolute atomic E-state index is 10.9. The van der Waals surface area contributed by atoms with Crippen LogP contribution < -0.4 is 5.32 Å². The lowest BCUT2D eigenvalue weighted by Crippen LogP contribution is -2.28. The van der Waals surface area contributed by atoms with Gasteiger partial charge in [-0.2, -0.15) is 0 Å². The highest BCUT2D eigenvalue weighted by Crippen LogP contribution is 2.30. The molecule has 0 radical (unpaired) electrons. The second kappa shape index (κ2) is 6.70. The summed E-state index contributed by atoms with van der Waals surface area (Å²) in [6, 6.07) is 5.23. The van der Waals surface area contributed by atoms with Crippen LogP contribution in [0.1, 0.15) is 31.2 Å². The average Bonchev–Trinajstić information content (AvgIpc) is 2.46. The van der Waals surface area contributed by atoms with Gasteiger partial charge in [-0.1, -0.05) is 18.9 Å². The highest BCUT2D eigenvalue weighted by atomic mass is 16.6. The van der Waals surface area contributed by atoms with Gasteiger partial charge in [0.25, 0.3) is 5.69 Å². The van der Waals surface area contributed by atoms with E-state index in [0.717, 1.165) is 25.1 Å². The van der Waals surface area contributed by atoms with Gasteiger partial charge in [-0.05, 0) is 37.7 Å². The monoisotopic (exact) mass is 278 g/mol. The first-order valence-electron chi connectivity index (χ1n) is 7.21. The van der Waals surface area contributed by atoms with Crippen molar-refractivity contribution in [3.63, 3.8) is 0 Å². The minimum atomic E-state index is -0.350. The molecule has 20 heavy (non-hydrogen) atoms. The quantitative estimate of drug-likeness (QED) is 0.641. The van der Waals surface area contributed by atoms with Crippen LogP contribution >= 0.6 is 0 Å². The van der Waals surface area contributed by atoms with Gasteiger partial charge in [0.05, 0.1) is 4.92 Å². The zero-order valence-electron chi connectivity index (χ0n) is 11.8. The van der Waals surface area contributed by atoms with Gasteiger partial charge in [-0.3, -0.25) is 10.1 Å². The highest BCUT2D eigenvalue weighted by Gasteiger charge is 2.24. The first kappa shape index (κ1) is 14.8. The van der Waals surface area contributed by atoms with Crippen LogP contribution in [0.2, 0.25) is 0 Å². The maximum atomic E-state index is 10.9. The van der Waals surface area contributed by atoms with Gasteiger partial charge in [0, 0.05) is 30.5 Å². The van der Waals surface area contributed by atoms with Crippen molar-refractivity contribution in [3.8, 4) is 0 Å². The maximum Gasteiger partial charge on any atom is 0.274 e. The molecule has 110 valence electrons. The number of hydrogen-bond donors (Lipinski definition) is 2. The lowest BCUT2D eigenvalue weighted by molar-refractivity contribution is -0.385.